The Morgan fingerprint density at radius 3 is 2.17 bits per heavy atom. The predicted molar refractivity (Wildman–Crippen MR) is 161 cm³/mol. The molecule has 0 saturated carbocycles. The third-order valence-electron chi connectivity index (χ3n) is 6.56. The van der Waals surface area contributed by atoms with E-state index in [-0.39, 0.29) is 23.8 Å². The number of carbonyl (C=O) groups excluding carboxylic acids is 2. The van der Waals surface area contributed by atoms with Gasteiger partial charge < -0.3 is 19.7 Å². The van der Waals surface area contributed by atoms with Gasteiger partial charge in [-0.05, 0) is 36.2 Å². The van der Waals surface area contributed by atoms with Gasteiger partial charge in [-0.1, -0.05) is 74.8 Å². The van der Waals surface area contributed by atoms with E-state index in [1.54, 1.807) is 28.9 Å². The second-order valence-corrected chi connectivity index (χ2v) is 11.0. The van der Waals surface area contributed by atoms with Crippen LogP contribution in [-0.2, 0) is 16.6 Å². The number of aromatic nitrogens is 2. The van der Waals surface area contributed by atoms with E-state index < -0.39 is 0 Å². The number of hydrogen-bond donors (Lipinski definition) is 1. The molecule has 1 heterocycles. The van der Waals surface area contributed by atoms with E-state index in [9.17, 15) is 9.59 Å². The molecule has 0 unspecified atom stereocenters. The van der Waals surface area contributed by atoms with Gasteiger partial charge in [0.1, 0.15) is 23.9 Å². The number of hydrogen-bond acceptors (Lipinski definition) is 5. The highest BCUT2D eigenvalue weighted by molar-refractivity contribution is 6.32. The molecule has 8 nitrogen and oxygen atoms in total. The Morgan fingerprint density at radius 1 is 0.927 bits per heavy atom. The monoisotopic (exact) mass is 574 g/mol. The second kappa shape index (κ2) is 12.9. The average Bonchev–Trinajstić information content (AvgIpc) is 3.39. The van der Waals surface area contributed by atoms with Gasteiger partial charge >= 0.3 is 0 Å². The van der Waals surface area contributed by atoms with Gasteiger partial charge in [-0.25, -0.2) is 4.68 Å². The largest absolute Gasteiger partial charge is 0.497 e. The Labute approximate surface area is 245 Å². The van der Waals surface area contributed by atoms with E-state index in [0.29, 0.717) is 46.6 Å². The summed E-state index contributed by atoms with van der Waals surface area (Å²) < 4.78 is 12.4. The van der Waals surface area contributed by atoms with Crippen LogP contribution in [0.25, 0.3) is 5.69 Å². The summed E-state index contributed by atoms with van der Waals surface area (Å²) in [6.07, 6.45) is 0.576. The lowest BCUT2D eigenvalue weighted by Gasteiger charge is -2.23. The average molecular weight is 575 g/mol. The van der Waals surface area contributed by atoms with Crippen molar-refractivity contribution in [2.45, 2.75) is 32.6 Å². The molecule has 1 aromatic heterocycles. The molecular weight excluding hydrogens is 540 g/mol. The fourth-order valence-corrected chi connectivity index (χ4v) is 4.49. The van der Waals surface area contributed by atoms with Crippen molar-refractivity contribution >= 4 is 29.2 Å². The number of benzene rings is 3. The minimum Gasteiger partial charge on any atom is -0.497 e. The molecule has 214 valence electrons. The number of amides is 2. The van der Waals surface area contributed by atoms with Crippen molar-refractivity contribution in [3.05, 3.63) is 101 Å². The zero-order chi connectivity index (χ0) is 29.6. The van der Waals surface area contributed by atoms with Gasteiger partial charge in [-0.15, -0.1) is 0 Å². The number of methoxy groups -OCH3 is 2. The van der Waals surface area contributed by atoms with Crippen molar-refractivity contribution in [2.24, 2.45) is 0 Å². The standard InChI is InChI=1S/C32H35ClN4O4/c1-32(2,3)28-20-29(37(35-28)27-14-10-9-13-26(27)33)34-30(38)21-36(16-15-22-11-7-6-8-12-22)31(39)23-17-24(40-4)19-25(18-23)41-5/h6-14,17-20H,15-16,21H2,1-5H3,(H,34,38). The van der Waals surface area contributed by atoms with Crippen molar-refractivity contribution in [2.75, 3.05) is 32.6 Å². The molecule has 9 heteroatoms. The molecule has 0 bridgehead atoms. The first-order valence-electron chi connectivity index (χ1n) is 13.3. The maximum atomic E-state index is 13.8. The number of nitrogens with zero attached hydrogens (tertiary/aromatic N) is 3. The third-order valence-corrected chi connectivity index (χ3v) is 6.88. The van der Waals surface area contributed by atoms with Crippen molar-refractivity contribution < 1.29 is 19.1 Å². The predicted octanol–water partition coefficient (Wildman–Crippen LogP) is 6.16. The lowest BCUT2D eigenvalue weighted by Crippen LogP contribution is -2.39. The van der Waals surface area contributed by atoms with Crippen LogP contribution >= 0.6 is 11.6 Å². The Bertz CT molecular complexity index is 1490. The molecule has 0 fully saturated rings. The van der Waals surface area contributed by atoms with Crippen LogP contribution < -0.4 is 14.8 Å². The summed E-state index contributed by atoms with van der Waals surface area (Å²) in [4.78, 5) is 28.8. The number of para-hydroxylation sites is 1. The highest BCUT2D eigenvalue weighted by Crippen LogP contribution is 2.29. The topological polar surface area (TPSA) is 85.7 Å². The van der Waals surface area contributed by atoms with Gasteiger partial charge in [0.15, 0.2) is 0 Å². The molecule has 0 spiro atoms. The molecule has 0 saturated heterocycles. The first kappa shape index (κ1) is 29.7. The van der Waals surface area contributed by atoms with Crippen molar-refractivity contribution in [1.29, 1.82) is 0 Å². The molecule has 0 atom stereocenters. The highest BCUT2D eigenvalue weighted by atomic mass is 35.5. The maximum Gasteiger partial charge on any atom is 0.254 e. The van der Waals surface area contributed by atoms with Crippen LogP contribution in [0.1, 0.15) is 42.4 Å². The first-order chi connectivity index (χ1) is 19.6. The number of halogens is 1. The van der Waals surface area contributed by atoms with Crippen LogP contribution in [0.2, 0.25) is 5.02 Å². The number of rotatable bonds is 10. The number of carbonyl (C=O) groups is 2. The van der Waals surface area contributed by atoms with Crippen LogP contribution in [0.3, 0.4) is 0 Å². The van der Waals surface area contributed by atoms with Gasteiger partial charge in [0, 0.05) is 29.7 Å². The minimum absolute atomic E-state index is 0.177. The van der Waals surface area contributed by atoms with Crippen LogP contribution in [0, 0.1) is 0 Å². The Kier molecular flexibility index (Phi) is 9.35. The number of nitrogens with one attached hydrogen (secondary N) is 1. The fourth-order valence-electron chi connectivity index (χ4n) is 4.27. The normalized spacial score (nSPS) is 11.2. The van der Waals surface area contributed by atoms with Gasteiger partial charge in [0.05, 0.1) is 30.6 Å². The Hall–Kier alpha value is -4.30. The van der Waals surface area contributed by atoms with Gasteiger partial charge in [-0.2, -0.15) is 5.10 Å². The molecule has 2 amide bonds. The van der Waals surface area contributed by atoms with Crippen LogP contribution in [0.15, 0.2) is 78.9 Å². The summed E-state index contributed by atoms with van der Waals surface area (Å²) in [5.41, 5.74) is 2.57. The fraction of sp³-hybridized carbons (Fsp3) is 0.281. The molecule has 3 aromatic carbocycles. The SMILES string of the molecule is COc1cc(OC)cc(C(=O)N(CCc2ccccc2)CC(=O)Nc2cc(C(C)(C)C)nn2-c2ccccc2Cl)c1. The van der Waals surface area contributed by atoms with E-state index in [1.807, 2.05) is 75.4 Å². The van der Waals surface area contributed by atoms with Crippen LogP contribution in [-0.4, -0.2) is 53.8 Å². The Morgan fingerprint density at radius 2 is 1.56 bits per heavy atom. The van der Waals surface area contributed by atoms with Crippen LogP contribution in [0.5, 0.6) is 11.5 Å². The summed E-state index contributed by atoms with van der Waals surface area (Å²) in [7, 11) is 3.05. The lowest BCUT2D eigenvalue weighted by molar-refractivity contribution is -0.116. The van der Waals surface area contributed by atoms with Crippen molar-refractivity contribution in [3.63, 3.8) is 0 Å². The van der Waals surface area contributed by atoms with Gasteiger partial charge in [-0.3, -0.25) is 9.59 Å². The van der Waals surface area contributed by atoms with E-state index >= 15 is 0 Å². The minimum atomic E-state index is -0.366. The maximum absolute atomic E-state index is 13.8. The smallest absolute Gasteiger partial charge is 0.254 e. The van der Waals surface area contributed by atoms with E-state index in [2.05, 4.69) is 5.32 Å². The van der Waals surface area contributed by atoms with Crippen molar-refractivity contribution in [1.82, 2.24) is 14.7 Å². The summed E-state index contributed by atoms with van der Waals surface area (Å²) >= 11 is 6.49. The van der Waals surface area contributed by atoms with E-state index in [4.69, 9.17) is 26.2 Å². The summed E-state index contributed by atoms with van der Waals surface area (Å²) in [5, 5.41) is 8.22. The first-order valence-corrected chi connectivity index (χ1v) is 13.7. The summed E-state index contributed by atoms with van der Waals surface area (Å²) in [6.45, 7) is 6.29. The highest BCUT2D eigenvalue weighted by Gasteiger charge is 2.25. The molecule has 0 aliphatic rings. The summed E-state index contributed by atoms with van der Waals surface area (Å²) in [6, 6.07) is 23.9. The zero-order valence-corrected chi connectivity index (χ0v) is 24.7. The quantitative estimate of drug-likeness (QED) is 0.245. The Balaban J connectivity index is 1.63. The molecular formula is C32H35ClN4O4. The van der Waals surface area contributed by atoms with Crippen molar-refractivity contribution in [3.8, 4) is 17.2 Å². The number of ether oxygens (including phenoxy) is 2. The van der Waals surface area contributed by atoms with Gasteiger partial charge in [0.25, 0.3) is 5.91 Å². The second-order valence-electron chi connectivity index (χ2n) is 10.6. The molecule has 41 heavy (non-hydrogen) atoms. The molecule has 0 radical (unpaired) electrons. The zero-order valence-electron chi connectivity index (χ0n) is 24.0. The lowest BCUT2D eigenvalue weighted by atomic mass is 9.92. The molecule has 0 aliphatic heterocycles. The van der Waals surface area contributed by atoms with Crippen LogP contribution in [0.4, 0.5) is 5.82 Å². The molecule has 1 N–H and O–H groups in total. The molecule has 0 aliphatic carbocycles. The van der Waals surface area contributed by atoms with E-state index in [1.165, 1.54) is 19.1 Å². The van der Waals surface area contributed by atoms with E-state index in [0.717, 1.165) is 11.3 Å². The third kappa shape index (κ3) is 7.46. The molecule has 4 aromatic rings. The number of anilines is 1. The molecule has 4 rings (SSSR count). The summed E-state index contributed by atoms with van der Waals surface area (Å²) in [5.74, 6) is 0.752. The van der Waals surface area contributed by atoms with Gasteiger partial charge in [0.2, 0.25) is 5.91 Å².